The van der Waals surface area contributed by atoms with E-state index in [2.05, 4.69) is 37.2 Å². The molecule has 7 heteroatoms. The van der Waals surface area contributed by atoms with Crippen molar-refractivity contribution in [2.75, 3.05) is 11.9 Å². The van der Waals surface area contributed by atoms with Crippen LogP contribution in [0.15, 0.2) is 18.0 Å². The molecule has 0 fully saturated rings. The van der Waals surface area contributed by atoms with E-state index in [1.807, 2.05) is 4.57 Å². The molecule has 0 bridgehead atoms. The van der Waals surface area contributed by atoms with Gasteiger partial charge in [-0.3, -0.25) is 0 Å². The largest absolute Gasteiger partial charge is 0.368 e. The molecule has 2 heterocycles. The number of halogens is 1. The number of aromatic nitrogens is 4. The second kappa shape index (κ2) is 5.63. The van der Waals surface area contributed by atoms with Crippen LogP contribution in [0.2, 0.25) is 5.15 Å². The lowest BCUT2D eigenvalue weighted by atomic mass is 10.2. The van der Waals surface area contributed by atoms with Crippen LogP contribution in [0.25, 0.3) is 11.2 Å². The third-order valence-electron chi connectivity index (χ3n) is 2.52. The van der Waals surface area contributed by atoms with Gasteiger partial charge >= 0.3 is 0 Å². The molecule has 0 saturated carbocycles. The molecular weight excluding hydrogens is 269 g/mol. The Morgan fingerprint density at radius 2 is 2.33 bits per heavy atom. The quantitative estimate of drug-likeness (QED) is 0.531. The molecule has 1 atom stereocenters. The minimum atomic E-state index is 0.167. The molecule has 0 saturated heterocycles. The van der Waals surface area contributed by atoms with Crippen molar-refractivity contribution >= 4 is 38.0 Å². The number of nitrogens with two attached hydrogens (primary N) is 1. The Hall–Kier alpha value is -1.19. The van der Waals surface area contributed by atoms with Crippen LogP contribution >= 0.6 is 20.8 Å². The Labute approximate surface area is 113 Å². The monoisotopic (exact) mass is 283 g/mol. The highest BCUT2D eigenvalue weighted by atomic mass is 35.5. The second-order valence-electron chi connectivity index (χ2n) is 4.05. The smallest absolute Gasteiger partial charge is 0.223 e. The van der Waals surface area contributed by atoms with Crippen molar-refractivity contribution in [3.63, 3.8) is 0 Å². The van der Waals surface area contributed by atoms with Crippen LogP contribution in [0.3, 0.4) is 0 Å². The molecule has 0 amide bonds. The molecular formula is C11H15ClN5P. The SMILES string of the molecule is CC(=CCCP)Cn1cnc2c(Cl)nc(N)nc21. The molecule has 5 nitrogen and oxygen atoms in total. The third-order valence-corrected chi connectivity index (χ3v) is 3.11. The Balaban J connectivity index is 2.35. The summed E-state index contributed by atoms with van der Waals surface area (Å²) in [5.41, 5.74) is 8.11. The average Bonchev–Trinajstić information content (AvgIpc) is 2.70. The maximum absolute atomic E-state index is 5.97. The average molecular weight is 284 g/mol. The number of hydrogen-bond acceptors (Lipinski definition) is 4. The van der Waals surface area contributed by atoms with E-state index in [0.717, 1.165) is 19.1 Å². The molecule has 0 aliphatic carbocycles. The number of nitrogens with zero attached hydrogens (tertiary/aromatic N) is 4. The molecule has 0 aromatic carbocycles. The van der Waals surface area contributed by atoms with Crippen molar-refractivity contribution in [2.24, 2.45) is 0 Å². The van der Waals surface area contributed by atoms with Gasteiger partial charge in [-0.05, 0) is 19.5 Å². The van der Waals surface area contributed by atoms with Crippen molar-refractivity contribution in [1.82, 2.24) is 19.5 Å². The number of hydrogen-bond donors (Lipinski definition) is 1. The second-order valence-corrected chi connectivity index (χ2v) is 4.98. The summed E-state index contributed by atoms with van der Waals surface area (Å²) in [6, 6.07) is 0. The molecule has 1 unspecified atom stereocenters. The normalized spacial score (nSPS) is 12.3. The molecule has 2 aromatic heterocycles. The van der Waals surface area contributed by atoms with Gasteiger partial charge in [0.25, 0.3) is 0 Å². The van der Waals surface area contributed by atoms with E-state index in [-0.39, 0.29) is 5.95 Å². The van der Waals surface area contributed by atoms with Gasteiger partial charge in [0, 0.05) is 6.54 Å². The number of anilines is 1. The van der Waals surface area contributed by atoms with E-state index >= 15 is 0 Å². The zero-order chi connectivity index (χ0) is 13.1. The molecule has 96 valence electrons. The maximum atomic E-state index is 5.97. The van der Waals surface area contributed by atoms with Crippen molar-refractivity contribution in [2.45, 2.75) is 19.9 Å². The zero-order valence-electron chi connectivity index (χ0n) is 10.1. The van der Waals surface area contributed by atoms with Gasteiger partial charge < -0.3 is 10.3 Å². The summed E-state index contributed by atoms with van der Waals surface area (Å²) in [6.45, 7) is 2.81. The first-order valence-electron chi connectivity index (χ1n) is 5.61. The number of allylic oxidation sites excluding steroid dienone is 2. The lowest BCUT2D eigenvalue weighted by Crippen LogP contribution is -2.02. The van der Waals surface area contributed by atoms with Gasteiger partial charge in [-0.25, -0.2) is 4.98 Å². The van der Waals surface area contributed by atoms with Gasteiger partial charge in [-0.15, -0.1) is 9.24 Å². The summed E-state index contributed by atoms with van der Waals surface area (Å²) in [7, 11) is 2.71. The molecule has 0 spiro atoms. The first-order chi connectivity index (χ1) is 8.61. The fourth-order valence-electron chi connectivity index (χ4n) is 1.70. The highest BCUT2D eigenvalue weighted by Gasteiger charge is 2.10. The number of imidazole rings is 1. The van der Waals surface area contributed by atoms with Gasteiger partial charge in [-0.1, -0.05) is 23.3 Å². The lowest BCUT2D eigenvalue weighted by Gasteiger charge is -2.04. The Morgan fingerprint density at radius 3 is 3.06 bits per heavy atom. The van der Waals surface area contributed by atoms with E-state index in [0.29, 0.717) is 16.3 Å². The van der Waals surface area contributed by atoms with E-state index in [4.69, 9.17) is 17.3 Å². The van der Waals surface area contributed by atoms with E-state index in [1.165, 1.54) is 5.57 Å². The predicted octanol–water partition coefficient (Wildman–Crippen LogP) is 2.27. The predicted molar refractivity (Wildman–Crippen MR) is 77.7 cm³/mol. The topological polar surface area (TPSA) is 69.6 Å². The number of fused-ring (bicyclic) bond motifs is 1. The standard InChI is InChI=1S/C11H15ClN5P/c1-7(3-2-4-18)5-17-6-14-8-9(12)15-11(13)16-10(8)17/h3,6H,2,4-5,18H2,1H3,(H2,13,15,16). The van der Waals surface area contributed by atoms with E-state index < -0.39 is 0 Å². The van der Waals surface area contributed by atoms with Gasteiger partial charge in [0.1, 0.15) is 5.52 Å². The highest BCUT2D eigenvalue weighted by Crippen LogP contribution is 2.20. The highest BCUT2D eigenvalue weighted by molar-refractivity contribution is 7.16. The molecule has 0 aliphatic heterocycles. The zero-order valence-corrected chi connectivity index (χ0v) is 12.0. The number of nitrogen functional groups attached to an aromatic ring is 1. The van der Waals surface area contributed by atoms with Crippen LogP contribution < -0.4 is 5.73 Å². The minimum Gasteiger partial charge on any atom is -0.368 e. The number of rotatable bonds is 4. The Kier molecular flexibility index (Phi) is 4.15. The fourth-order valence-corrected chi connectivity index (χ4v) is 2.09. The summed E-state index contributed by atoms with van der Waals surface area (Å²) in [5.74, 6) is 0.167. The van der Waals surface area contributed by atoms with Gasteiger partial charge in [0.2, 0.25) is 5.95 Å². The van der Waals surface area contributed by atoms with Crippen molar-refractivity contribution < 1.29 is 0 Å². The summed E-state index contributed by atoms with van der Waals surface area (Å²) < 4.78 is 1.92. The minimum absolute atomic E-state index is 0.167. The first-order valence-corrected chi connectivity index (χ1v) is 6.81. The van der Waals surface area contributed by atoms with Crippen molar-refractivity contribution in [1.29, 1.82) is 0 Å². The lowest BCUT2D eigenvalue weighted by molar-refractivity contribution is 0.794. The molecule has 0 radical (unpaired) electrons. The van der Waals surface area contributed by atoms with E-state index in [9.17, 15) is 0 Å². The van der Waals surface area contributed by atoms with Crippen LogP contribution in [-0.2, 0) is 6.54 Å². The van der Waals surface area contributed by atoms with Gasteiger partial charge in [0.05, 0.1) is 6.33 Å². The summed E-state index contributed by atoms with van der Waals surface area (Å²) >= 11 is 5.97. The van der Waals surface area contributed by atoms with Gasteiger partial charge in [-0.2, -0.15) is 9.97 Å². The molecule has 2 aromatic rings. The third kappa shape index (κ3) is 2.79. The molecule has 18 heavy (non-hydrogen) atoms. The van der Waals surface area contributed by atoms with Crippen LogP contribution in [-0.4, -0.2) is 25.7 Å². The van der Waals surface area contributed by atoms with Crippen molar-refractivity contribution in [3.05, 3.63) is 23.1 Å². The van der Waals surface area contributed by atoms with Crippen LogP contribution in [0.4, 0.5) is 5.95 Å². The summed E-state index contributed by atoms with van der Waals surface area (Å²) in [6.07, 6.45) is 6.01. The molecule has 2 rings (SSSR count). The summed E-state index contributed by atoms with van der Waals surface area (Å²) in [4.78, 5) is 12.3. The molecule has 0 aliphatic rings. The van der Waals surface area contributed by atoms with Crippen LogP contribution in [0.5, 0.6) is 0 Å². The van der Waals surface area contributed by atoms with Crippen molar-refractivity contribution in [3.8, 4) is 0 Å². The van der Waals surface area contributed by atoms with Crippen LogP contribution in [0.1, 0.15) is 13.3 Å². The van der Waals surface area contributed by atoms with Gasteiger partial charge in [0.15, 0.2) is 10.8 Å². The maximum Gasteiger partial charge on any atom is 0.223 e. The Morgan fingerprint density at radius 1 is 1.56 bits per heavy atom. The molecule has 2 N–H and O–H groups in total. The van der Waals surface area contributed by atoms with Crippen LogP contribution in [0, 0.1) is 0 Å². The fraction of sp³-hybridized carbons (Fsp3) is 0.364. The first kappa shape index (κ1) is 13.2. The Bertz CT molecular complexity index is 592. The van der Waals surface area contributed by atoms with E-state index in [1.54, 1.807) is 6.33 Å². The summed E-state index contributed by atoms with van der Waals surface area (Å²) in [5, 5.41) is 0.294.